The maximum atomic E-state index is 11.0. The normalized spacial score (nSPS) is 30.0. The van der Waals surface area contributed by atoms with E-state index in [2.05, 4.69) is 8.86 Å². The van der Waals surface area contributed by atoms with Crippen LogP contribution in [0, 0.1) is 0 Å². The van der Waals surface area contributed by atoms with Crippen molar-refractivity contribution in [3.63, 3.8) is 0 Å². The molecule has 0 aromatic rings. The van der Waals surface area contributed by atoms with Crippen LogP contribution in [-0.4, -0.2) is 27.2 Å². The second-order valence-corrected chi connectivity index (χ2v) is 3.85. The fraction of sp³-hybridized carbons (Fsp3) is 0.333. The Balaban J connectivity index is 2.26. The Morgan fingerprint density at radius 2 is 2.60 bits per heavy atom. The van der Waals surface area contributed by atoms with Crippen LogP contribution in [-0.2, 0) is 4.79 Å². The minimum Gasteiger partial charge on any atom is -0.298 e. The lowest BCUT2D eigenvalue weighted by Gasteiger charge is -2.40. The van der Waals surface area contributed by atoms with Crippen LogP contribution >= 0.6 is 20.6 Å². The maximum Gasteiger partial charge on any atom is 0.262 e. The molecule has 0 N–H and O–H groups in total. The van der Waals surface area contributed by atoms with Crippen molar-refractivity contribution in [2.75, 3.05) is 5.75 Å². The van der Waals surface area contributed by atoms with Gasteiger partial charge < -0.3 is 0 Å². The van der Waals surface area contributed by atoms with Crippen LogP contribution in [0.2, 0.25) is 0 Å². The average Bonchev–Trinajstić information content (AvgIpc) is 2.03. The Kier molecular flexibility index (Phi) is 1.36. The van der Waals surface area contributed by atoms with Crippen molar-refractivity contribution in [3.05, 3.63) is 12.3 Å². The molecule has 2 aliphatic rings. The smallest absolute Gasteiger partial charge is 0.262 e. The van der Waals surface area contributed by atoms with E-state index in [0.717, 1.165) is 11.0 Å². The van der Waals surface area contributed by atoms with Gasteiger partial charge in [0.1, 0.15) is 5.37 Å². The van der Waals surface area contributed by atoms with Crippen molar-refractivity contribution in [2.24, 2.45) is 0 Å². The molecule has 2 rings (SSSR count). The lowest BCUT2D eigenvalue weighted by molar-refractivity contribution is -0.125. The number of fused-ring (bicyclic) bond motifs is 1. The fourth-order valence-electron chi connectivity index (χ4n) is 1.04. The van der Waals surface area contributed by atoms with Crippen LogP contribution in [0.1, 0.15) is 0 Å². The van der Waals surface area contributed by atoms with E-state index in [1.54, 1.807) is 16.7 Å². The number of β-lactam (4-membered cyclic amide) rings is 1. The van der Waals surface area contributed by atoms with Crippen LogP contribution in [0.25, 0.3) is 0 Å². The van der Waals surface area contributed by atoms with Gasteiger partial charge in [-0.1, -0.05) is 6.08 Å². The third-order valence-corrected chi connectivity index (χ3v) is 3.44. The number of carbonyl (C=O) groups excluding carboxylic acids is 1. The van der Waals surface area contributed by atoms with Crippen molar-refractivity contribution in [1.29, 1.82) is 0 Å². The predicted molar refractivity (Wildman–Crippen MR) is 45.6 cm³/mol. The van der Waals surface area contributed by atoms with Gasteiger partial charge in [0.15, 0.2) is 0 Å². The maximum absolute atomic E-state index is 11.0. The fourth-order valence-corrected chi connectivity index (χ4v) is 2.53. The number of nitrogens with zero attached hydrogens (tertiary/aromatic N) is 1. The van der Waals surface area contributed by atoms with Crippen LogP contribution in [0.5, 0.6) is 0 Å². The second-order valence-electron chi connectivity index (χ2n) is 2.20. The Labute approximate surface area is 65.5 Å². The van der Waals surface area contributed by atoms with E-state index >= 15 is 0 Å². The summed E-state index contributed by atoms with van der Waals surface area (Å²) >= 11 is 1.76. The summed E-state index contributed by atoms with van der Waals surface area (Å²) in [6.45, 7) is 0. The predicted octanol–water partition coefficient (Wildman–Crippen LogP) is 0.730. The van der Waals surface area contributed by atoms with Gasteiger partial charge in [-0.3, -0.25) is 9.69 Å². The summed E-state index contributed by atoms with van der Waals surface area (Å²) in [6, 6.07) is 0. The van der Waals surface area contributed by atoms with Gasteiger partial charge in [0.25, 0.3) is 5.91 Å². The van der Waals surface area contributed by atoms with Crippen molar-refractivity contribution in [1.82, 2.24) is 4.90 Å². The van der Waals surface area contributed by atoms with Gasteiger partial charge in [0.2, 0.25) is 0 Å². The van der Waals surface area contributed by atoms with Gasteiger partial charge in [-0.15, -0.1) is 20.6 Å². The van der Waals surface area contributed by atoms with E-state index in [1.807, 2.05) is 12.3 Å². The minimum absolute atomic E-state index is 0.102. The van der Waals surface area contributed by atoms with Crippen molar-refractivity contribution in [2.45, 2.75) is 5.37 Å². The van der Waals surface area contributed by atoms with Crippen molar-refractivity contribution in [3.8, 4) is 0 Å². The monoisotopic (exact) mass is 171 g/mol. The van der Waals surface area contributed by atoms with Crippen LogP contribution in [0.3, 0.4) is 0 Å². The van der Waals surface area contributed by atoms with Crippen molar-refractivity contribution < 1.29 is 4.79 Å². The lowest BCUT2D eigenvalue weighted by Crippen LogP contribution is -2.57. The second kappa shape index (κ2) is 2.11. The molecule has 0 aliphatic carbocycles. The van der Waals surface area contributed by atoms with Crippen LogP contribution in [0.4, 0.5) is 0 Å². The molecule has 1 saturated heterocycles. The molecule has 0 saturated carbocycles. The zero-order valence-electron chi connectivity index (χ0n) is 5.20. The Morgan fingerprint density at radius 3 is 3.30 bits per heavy atom. The molecule has 0 aromatic carbocycles. The molecule has 2 heterocycles. The summed E-state index contributed by atoms with van der Waals surface area (Å²) in [4.78, 5) is 12.7. The third kappa shape index (κ3) is 0.678. The molecule has 1 amide bonds. The van der Waals surface area contributed by atoms with E-state index in [9.17, 15) is 4.79 Å². The SMILES string of the molecule is O=C1C(=P)[C@@H]2SCC=CN12. The molecule has 2 nitrogen and oxygen atoms in total. The van der Waals surface area contributed by atoms with E-state index in [-0.39, 0.29) is 11.3 Å². The molecular formula is C6H6NOPS. The van der Waals surface area contributed by atoms with Gasteiger partial charge in [0, 0.05) is 12.0 Å². The van der Waals surface area contributed by atoms with Gasteiger partial charge in [-0.25, -0.2) is 0 Å². The first-order chi connectivity index (χ1) is 4.80. The van der Waals surface area contributed by atoms with E-state index in [1.165, 1.54) is 0 Å². The molecule has 0 aromatic heterocycles. The molecule has 0 bridgehead atoms. The number of carbonyl (C=O) groups is 1. The summed E-state index contributed by atoms with van der Waals surface area (Å²) in [5, 5.41) is 1.07. The molecule has 0 radical (unpaired) electrons. The summed E-state index contributed by atoms with van der Waals surface area (Å²) in [5.41, 5.74) is 0. The molecule has 10 heavy (non-hydrogen) atoms. The van der Waals surface area contributed by atoms with E-state index < -0.39 is 0 Å². The Hall–Kier alpha value is -0.270. The topological polar surface area (TPSA) is 20.3 Å². The van der Waals surface area contributed by atoms with E-state index in [0.29, 0.717) is 0 Å². The molecule has 0 unspecified atom stereocenters. The molecule has 4 heteroatoms. The number of rotatable bonds is 0. The first kappa shape index (κ1) is 6.44. The average molecular weight is 171 g/mol. The van der Waals surface area contributed by atoms with E-state index in [4.69, 9.17) is 0 Å². The molecule has 1 atom stereocenters. The number of thioether (sulfide) groups is 1. The first-order valence-corrected chi connectivity index (χ1v) is 4.55. The summed E-state index contributed by atoms with van der Waals surface area (Å²) < 4.78 is 0. The molecule has 2 aliphatic heterocycles. The van der Waals surface area contributed by atoms with Gasteiger partial charge in [0.05, 0.1) is 5.29 Å². The standard InChI is InChI=1S/C6H6NOPS/c8-5-4(9)6-7(5)2-1-3-10-6/h1-2,6,9H,3H2/t6-/m0/s1. The van der Waals surface area contributed by atoms with Crippen molar-refractivity contribution >= 4 is 31.8 Å². The highest BCUT2D eigenvalue weighted by Gasteiger charge is 2.41. The van der Waals surface area contributed by atoms with Gasteiger partial charge >= 0.3 is 0 Å². The highest BCUT2D eigenvalue weighted by Crippen LogP contribution is 2.31. The van der Waals surface area contributed by atoms with Crippen LogP contribution < -0.4 is 0 Å². The third-order valence-electron chi connectivity index (χ3n) is 1.58. The zero-order chi connectivity index (χ0) is 7.14. The summed E-state index contributed by atoms with van der Waals surface area (Å²) in [5.74, 6) is 1.10. The molecule has 52 valence electrons. The minimum atomic E-state index is 0.102. The number of hydrogen-bond donors (Lipinski definition) is 0. The lowest BCUT2D eigenvalue weighted by atomic mass is 10.2. The van der Waals surface area contributed by atoms with Crippen LogP contribution in [0.15, 0.2) is 12.3 Å². The molecule has 0 spiro atoms. The molecule has 1 fully saturated rings. The summed E-state index contributed by atoms with van der Waals surface area (Å²) in [6.07, 6.45) is 3.85. The summed E-state index contributed by atoms with van der Waals surface area (Å²) in [7, 11) is 3.29. The number of amides is 1. The van der Waals surface area contributed by atoms with Gasteiger partial charge in [-0.2, -0.15) is 0 Å². The van der Waals surface area contributed by atoms with Gasteiger partial charge in [-0.05, 0) is 0 Å². The molecular weight excluding hydrogens is 165 g/mol. The highest BCUT2D eigenvalue weighted by molar-refractivity contribution is 8.01. The Bertz CT molecular complexity index is 238. The quantitative estimate of drug-likeness (QED) is 0.395. The Morgan fingerprint density at radius 1 is 1.80 bits per heavy atom. The zero-order valence-corrected chi connectivity index (χ0v) is 7.02. The largest absolute Gasteiger partial charge is 0.298 e. The highest BCUT2D eigenvalue weighted by atomic mass is 32.2. The number of hydrogen-bond acceptors (Lipinski definition) is 2. The first-order valence-electron chi connectivity index (χ1n) is 3.00.